The number of hydrazone groups is 1. The number of carbonyl (C=O) groups is 2. The lowest BCUT2D eigenvalue weighted by atomic mass is 10.1. The molecule has 0 radical (unpaired) electrons. The molecular weight excluding hydrogens is 384 g/mol. The molecule has 0 saturated carbocycles. The third-order valence-corrected chi connectivity index (χ3v) is 5.07. The van der Waals surface area contributed by atoms with Gasteiger partial charge in [-0.3, -0.25) is 4.79 Å². The number of hydrogen-bond donors (Lipinski definition) is 0. The number of amides is 1. The first-order valence-corrected chi connectivity index (χ1v) is 9.40. The Morgan fingerprint density at radius 3 is 2.67 bits per heavy atom. The van der Waals surface area contributed by atoms with Crippen molar-refractivity contribution in [3.63, 3.8) is 0 Å². The lowest BCUT2D eigenvalue weighted by Gasteiger charge is -2.11. The van der Waals surface area contributed by atoms with E-state index in [1.165, 1.54) is 23.9 Å². The number of carbonyl (C=O) groups excluding carboxylic acids is 2. The van der Waals surface area contributed by atoms with Crippen molar-refractivity contribution >= 4 is 46.4 Å². The number of nitrogens with zero attached hydrogens (tertiary/aromatic N) is 2. The molecule has 2 aromatic rings. The topological polar surface area (TPSA) is 68.2 Å². The van der Waals surface area contributed by atoms with Gasteiger partial charge in [0.15, 0.2) is 4.32 Å². The van der Waals surface area contributed by atoms with Crippen LogP contribution < -0.4 is 4.74 Å². The van der Waals surface area contributed by atoms with Gasteiger partial charge in [0.2, 0.25) is 0 Å². The minimum absolute atomic E-state index is 0.134. The number of benzene rings is 2. The smallest absolute Gasteiger partial charge is 0.337 e. The number of rotatable bonds is 6. The fourth-order valence-electron chi connectivity index (χ4n) is 2.31. The van der Waals surface area contributed by atoms with Crippen LogP contribution >= 0.6 is 24.0 Å². The first-order chi connectivity index (χ1) is 13.1. The molecule has 1 amide bonds. The zero-order chi connectivity index (χ0) is 19.2. The van der Waals surface area contributed by atoms with Gasteiger partial charge >= 0.3 is 5.97 Å². The summed E-state index contributed by atoms with van der Waals surface area (Å²) in [7, 11) is 1.35. The van der Waals surface area contributed by atoms with Crippen molar-refractivity contribution in [3.05, 3.63) is 65.2 Å². The second-order valence-corrected chi connectivity index (χ2v) is 7.13. The SMILES string of the molecule is COC(=O)c1ccc(COc2ccccc2/C=N\N2C(=O)CSC2=S)cc1. The molecule has 0 aromatic heterocycles. The van der Waals surface area contributed by atoms with Crippen LogP contribution in [-0.2, 0) is 16.1 Å². The summed E-state index contributed by atoms with van der Waals surface area (Å²) in [6.07, 6.45) is 1.56. The van der Waals surface area contributed by atoms with Crippen LogP contribution in [0, 0.1) is 0 Å². The Morgan fingerprint density at radius 2 is 2.00 bits per heavy atom. The Bertz CT molecular complexity index is 881. The van der Waals surface area contributed by atoms with Crippen molar-refractivity contribution in [2.45, 2.75) is 6.61 Å². The molecule has 1 saturated heterocycles. The molecule has 1 heterocycles. The molecule has 1 fully saturated rings. The van der Waals surface area contributed by atoms with Gasteiger partial charge < -0.3 is 9.47 Å². The van der Waals surface area contributed by atoms with Crippen molar-refractivity contribution in [2.75, 3.05) is 12.9 Å². The number of esters is 1. The third-order valence-electron chi connectivity index (χ3n) is 3.73. The van der Waals surface area contributed by atoms with Gasteiger partial charge in [-0.15, -0.1) is 0 Å². The molecule has 0 N–H and O–H groups in total. The van der Waals surface area contributed by atoms with Crippen molar-refractivity contribution in [1.82, 2.24) is 5.01 Å². The van der Waals surface area contributed by atoms with Crippen LogP contribution in [0.25, 0.3) is 0 Å². The fourth-order valence-corrected chi connectivity index (χ4v) is 3.28. The monoisotopic (exact) mass is 400 g/mol. The van der Waals surface area contributed by atoms with Gasteiger partial charge in [-0.1, -0.05) is 48.2 Å². The third kappa shape index (κ3) is 4.72. The molecule has 0 unspecified atom stereocenters. The van der Waals surface area contributed by atoms with E-state index in [-0.39, 0.29) is 11.9 Å². The van der Waals surface area contributed by atoms with Crippen molar-refractivity contribution in [1.29, 1.82) is 0 Å². The first-order valence-electron chi connectivity index (χ1n) is 8.01. The van der Waals surface area contributed by atoms with Gasteiger partial charge in [-0.2, -0.15) is 10.1 Å². The second-order valence-electron chi connectivity index (χ2n) is 5.52. The van der Waals surface area contributed by atoms with Gasteiger partial charge in [0.1, 0.15) is 12.4 Å². The van der Waals surface area contributed by atoms with Crippen molar-refractivity contribution in [3.8, 4) is 5.75 Å². The van der Waals surface area contributed by atoms with E-state index in [2.05, 4.69) is 9.84 Å². The van der Waals surface area contributed by atoms with Crippen molar-refractivity contribution < 1.29 is 19.1 Å². The maximum atomic E-state index is 11.7. The molecule has 2 aromatic carbocycles. The summed E-state index contributed by atoms with van der Waals surface area (Å²) in [6, 6.07) is 14.4. The predicted molar refractivity (Wildman–Crippen MR) is 108 cm³/mol. The van der Waals surface area contributed by atoms with E-state index in [4.69, 9.17) is 17.0 Å². The highest BCUT2D eigenvalue weighted by Gasteiger charge is 2.26. The Balaban J connectivity index is 1.68. The molecule has 0 spiro atoms. The summed E-state index contributed by atoms with van der Waals surface area (Å²) in [6.45, 7) is 0.323. The van der Waals surface area contributed by atoms with E-state index in [9.17, 15) is 9.59 Å². The molecule has 3 rings (SSSR count). The highest BCUT2D eigenvalue weighted by Crippen LogP contribution is 2.21. The van der Waals surface area contributed by atoms with Crippen LogP contribution in [0.1, 0.15) is 21.5 Å². The zero-order valence-electron chi connectivity index (χ0n) is 14.5. The standard InChI is InChI=1S/C19H16N2O4S2/c1-24-18(23)14-8-6-13(7-9-14)11-25-16-5-3-2-4-15(16)10-20-21-17(22)12-27-19(21)26/h2-10H,11-12H2,1H3/b20-10-. The Labute approximate surface area is 166 Å². The molecule has 1 aliphatic rings. The quantitative estimate of drug-likeness (QED) is 0.421. The number of thioether (sulfide) groups is 1. The molecule has 6 nitrogen and oxygen atoms in total. The van der Waals surface area contributed by atoms with E-state index in [1.54, 1.807) is 18.3 Å². The summed E-state index contributed by atoms with van der Waals surface area (Å²) in [5, 5.41) is 5.40. The highest BCUT2D eigenvalue weighted by atomic mass is 32.2. The van der Waals surface area contributed by atoms with Gasteiger partial charge in [0, 0.05) is 5.56 Å². The van der Waals surface area contributed by atoms with Gasteiger partial charge in [-0.05, 0) is 29.8 Å². The number of hydrogen-bond acceptors (Lipinski definition) is 7. The summed E-state index contributed by atoms with van der Waals surface area (Å²) in [5.41, 5.74) is 2.12. The Hall–Kier alpha value is -2.71. The van der Waals surface area contributed by atoms with Gasteiger partial charge in [0.25, 0.3) is 5.91 Å². The maximum absolute atomic E-state index is 11.7. The average molecular weight is 400 g/mol. The van der Waals surface area contributed by atoms with E-state index < -0.39 is 0 Å². The summed E-state index contributed by atoms with van der Waals surface area (Å²) >= 11 is 6.40. The normalized spacial score (nSPS) is 14.0. The fraction of sp³-hybridized carbons (Fsp3) is 0.158. The molecule has 0 atom stereocenters. The highest BCUT2D eigenvalue weighted by molar-refractivity contribution is 8.23. The van der Waals surface area contributed by atoms with E-state index in [0.717, 1.165) is 11.1 Å². The lowest BCUT2D eigenvalue weighted by Crippen LogP contribution is -2.22. The Morgan fingerprint density at radius 1 is 1.26 bits per heavy atom. The largest absolute Gasteiger partial charge is 0.488 e. The molecule has 0 bridgehead atoms. The second kappa shape index (κ2) is 8.79. The zero-order valence-corrected chi connectivity index (χ0v) is 16.1. The number of methoxy groups -OCH3 is 1. The van der Waals surface area contributed by atoms with Gasteiger partial charge in [-0.25, -0.2) is 4.79 Å². The first kappa shape index (κ1) is 19.1. The summed E-state index contributed by atoms with van der Waals surface area (Å²) in [4.78, 5) is 23.2. The van der Waals surface area contributed by atoms with Crippen LogP contribution in [-0.4, -0.2) is 40.3 Å². The molecular formula is C19H16N2O4S2. The predicted octanol–water partition coefficient (Wildman–Crippen LogP) is 3.25. The molecule has 0 aliphatic carbocycles. The number of thiocarbonyl (C=S) groups is 1. The van der Waals surface area contributed by atoms with Crippen LogP contribution in [0.5, 0.6) is 5.75 Å². The lowest BCUT2D eigenvalue weighted by molar-refractivity contribution is -0.124. The van der Waals surface area contributed by atoms with Crippen LogP contribution in [0.15, 0.2) is 53.6 Å². The molecule has 1 aliphatic heterocycles. The average Bonchev–Trinajstić information content (AvgIpc) is 3.02. The minimum atomic E-state index is -0.378. The van der Waals surface area contributed by atoms with E-state index in [1.807, 2.05) is 36.4 Å². The van der Waals surface area contributed by atoms with Crippen LogP contribution in [0.4, 0.5) is 0 Å². The molecule has 8 heteroatoms. The van der Waals surface area contributed by atoms with Crippen LogP contribution in [0.3, 0.4) is 0 Å². The number of ether oxygens (including phenoxy) is 2. The van der Waals surface area contributed by atoms with E-state index >= 15 is 0 Å². The van der Waals surface area contributed by atoms with Crippen molar-refractivity contribution in [2.24, 2.45) is 5.10 Å². The maximum Gasteiger partial charge on any atom is 0.337 e. The molecule has 27 heavy (non-hydrogen) atoms. The minimum Gasteiger partial charge on any atom is -0.488 e. The van der Waals surface area contributed by atoms with Crippen LogP contribution in [0.2, 0.25) is 0 Å². The number of para-hydroxylation sites is 1. The van der Waals surface area contributed by atoms with Gasteiger partial charge in [0.05, 0.1) is 24.6 Å². The van der Waals surface area contributed by atoms with E-state index in [0.29, 0.717) is 28.0 Å². The Kier molecular flexibility index (Phi) is 6.20. The summed E-state index contributed by atoms with van der Waals surface area (Å²) in [5.74, 6) is 0.431. The molecule has 138 valence electrons. The summed E-state index contributed by atoms with van der Waals surface area (Å²) < 4.78 is 11.0.